The predicted octanol–water partition coefficient (Wildman–Crippen LogP) is 2.91. The van der Waals surface area contributed by atoms with Crippen LogP contribution in [0.4, 0.5) is 0 Å². The van der Waals surface area contributed by atoms with E-state index in [2.05, 4.69) is 34.6 Å². The molecule has 2 heterocycles. The van der Waals surface area contributed by atoms with Crippen molar-refractivity contribution in [3.05, 3.63) is 30.0 Å². The van der Waals surface area contributed by atoms with E-state index in [9.17, 15) is 9.90 Å². The van der Waals surface area contributed by atoms with Gasteiger partial charge in [0.05, 0.1) is 17.5 Å². The molecule has 0 radical (unpaired) electrons. The lowest BCUT2D eigenvalue weighted by Gasteiger charge is -2.15. The largest absolute Gasteiger partial charge is 0.515 e. The Morgan fingerprint density at radius 1 is 1.41 bits per heavy atom. The predicted molar refractivity (Wildman–Crippen MR) is 88.4 cm³/mol. The third kappa shape index (κ3) is 4.02. The zero-order chi connectivity index (χ0) is 16.2. The molecular formula is C15H21N3O3Si. The molecule has 2 aromatic heterocycles. The van der Waals surface area contributed by atoms with Crippen LogP contribution in [0, 0.1) is 0 Å². The molecule has 0 atom stereocenters. The van der Waals surface area contributed by atoms with Crippen molar-refractivity contribution in [2.75, 3.05) is 6.61 Å². The number of nitrogens with zero attached hydrogens (tertiary/aromatic N) is 2. The molecule has 2 rings (SSSR count). The summed E-state index contributed by atoms with van der Waals surface area (Å²) < 4.78 is 5.65. The van der Waals surface area contributed by atoms with Gasteiger partial charge in [-0.05, 0) is 12.1 Å². The number of hydrogen-bond donors (Lipinski definition) is 2. The van der Waals surface area contributed by atoms with Gasteiger partial charge in [0.15, 0.2) is 12.1 Å². The van der Waals surface area contributed by atoms with Gasteiger partial charge in [0, 0.05) is 26.3 Å². The molecule has 0 aromatic carbocycles. The van der Waals surface area contributed by atoms with Crippen molar-refractivity contribution in [2.45, 2.75) is 32.3 Å². The smallest absolute Gasteiger partial charge is 0.157 e. The molecule has 0 aliphatic rings. The van der Waals surface area contributed by atoms with Gasteiger partial charge in [-0.25, -0.2) is 9.97 Å². The highest BCUT2D eigenvalue weighted by atomic mass is 28.3. The quantitative estimate of drug-likeness (QED) is 0.269. The molecule has 118 valence electrons. The van der Waals surface area contributed by atoms with Gasteiger partial charge < -0.3 is 14.8 Å². The first-order valence-electron chi connectivity index (χ1n) is 7.16. The van der Waals surface area contributed by atoms with Crippen molar-refractivity contribution >= 4 is 31.0 Å². The molecule has 0 fully saturated rings. The summed E-state index contributed by atoms with van der Waals surface area (Å²) in [4.78, 5) is 22.8. The van der Waals surface area contributed by atoms with Crippen LogP contribution in [0.15, 0.2) is 18.5 Å². The molecule has 7 heteroatoms. The topological polar surface area (TPSA) is 88.1 Å². The van der Waals surface area contributed by atoms with Crippen LogP contribution >= 0.6 is 0 Å². The van der Waals surface area contributed by atoms with Crippen molar-refractivity contribution in [1.29, 1.82) is 0 Å². The zero-order valence-corrected chi connectivity index (χ0v) is 14.1. The van der Waals surface area contributed by atoms with E-state index in [4.69, 9.17) is 4.74 Å². The van der Waals surface area contributed by atoms with E-state index in [0.717, 1.165) is 12.3 Å². The molecule has 0 unspecified atom stereocenters. The molecule has 0 aliphatic heterocycles. The summed E-state index contributed by atoms with van der Waals surface area (Å²) in [5.74, 6) is 0.488. The molecule has 6 nitrogen and oxygen atoms in total. The summed E-state index contributed by atoms with van der Waals surface area (Å²) in [5, 5.41) is 9.87. The van der Waals surface area contributed by atoms with Crippen molar-refractivity contribution < 1.29 is 14.6 Å². The summed E-state index contributed by atoms with van der Waals surface area (Å²) in [6.07, 6.45) is 3.06. The van der Waals surface area contributed by atoms with Crippen LogP contribution in [0.3, 0.4) is 0 Å². The molecule has 22 heavy (non-hydrogen) atoms. The second-order valence-corrected chi connectivity index (χ2v) is 11.9. The molecule has 0 bridgehead atoms. The van der Waals surface area contributed by atoms with Gasteiger partial charge in [0.1, 0.15) is 12.3 Å². The minimum absolute atomic E-state index is 0.121. The maximum atomic E-state index is 11.1. The van der Waals surface area contributed by atoms with Gasteiger partial charge in [0.25, 0.3) is 0 Å². The number of ether oxygens (including phenoxy) is 1. The highest BCUT2D eigenvalue weighted by Crippen LogP contribution is 2.20. The molecule has 2 N–H and O–H groups in total. The number of rotatable bonds is 7. The maximum Gasteiger partial charge on any atom is 0.157 e. The summed E-state index contributed by atoms with van der Waals surface area (Å²) in [7, 11) is -1.13. The van der Waals surface area contributed by atoms with Crippen LogP contribution in [0.2, 0.25) is 25.7 Å². The highest BCUT2D eigenvalue weighted by Gasteiger charge is 2.14. The Labute approximate surface area is 130 Å². The second-order valence-electron chi connectivity index (χ2n) is 6.29. The number of aldehydes is 1. The number of aliphatic hydroxyl groups is 1. The normalized spacial score (nSPS) is 12.8. The van der Waals surface area contributed by atoms with Gasteiger partial charge in [-0.1, -0.05) is 19.6 Å². The minimum atomic E-state index is -1.13. The SMILES string of the molecule is C[Si](C)(C)CCOCc1nc(C(C=O)=CO)c2cc[nH]c2n1. The third-order valence-electron chi connectivity index (χ3n) is 3.23. The number of hydrogen-bond acceptors (Lipinski definition) is 5. The number of aromatic nitrogens is 3. The Hall–Kier alpha value is -1.99. The number of carbonyl (C=O) groups excluding carboxylic acids is 1. The van der Waals surface area contributed by atoms with Crippen LogP contribution in [0.5, 0.6) is 0 Å². The van der Waals surface area contributed by atoms with Crippen LogP contribution < -0.4 is 0 Å². The Bertz CT molecular complexity index is 689. The minimum Gasteiger partial charge on any atom is -0.515 e. The Kier molecular flexibility index (Phi) is 5.10. The number of carbonyl (C=O) groups is 1. The lowest BCUT2D eigenvalue weighted by molar-refractivity contribution is -0.103. The Morgan fingerprint density at radius 2 is 2.18 bits per heavy atom. The van der Waals surface area contributed by atoms with E-state index < -0.39 is 8.07 Å². The summed E-state index contributed by atoms with van der Waals surface area (Å²) in [6.45, 7) is 7.83. The second kappa shape index (κ2) is 6.84. The molecule has 0 saturated heterocycles. The van der Waals surface area contributed by atoms with Gasteiger partial charge in [0.2, 0.25) is 0 Å². The van der Waals surface area contributed by atoms with Crippen LogP contribution in [-0.4, -0.2) is 41.0 Å². The highest BCUT2D eigenvalue weighted by molar-refractivity contribution is 6.76. The van der Waals surface area contributed by atoms with E-state index in [0.29, 0.717) is 35.4 Å². The monoisotopic (exact) mass is 319 g/mol. The summed E-state index contributed by atoms with van der Waals surface area (Å²) in [6, 6.07) is 2.84. The van der Waals surface area contributed by atoms with Gasteiger partial charge in [-0.3, -0.25) is 4.79 Å². The fourth-order valence-electron chi connectivity index (χ4n) is 1.96. The van der Waals surface area contributed by atoms with Gasteiger partial charge in [-0.2, -0.15) is 0 Å². The van der Waals surface area contributed by atoms with Crippen molar-refractivity contribution in [2.24, 2.45) is 0 Å². The Morgan fingerprint density at radius 3 is 2.82 bits per heavy atom. The van der Waals surface area contributed by atoms with Crippen molar-refractivity contribution in [1.82, 2.24) is 15.0 Å². The number of aromatic amines is 1. The lowest BCUT2D eigenvalue weighted by Crippen LogP contribution is -2.21. The first-order chi connectivity index (χ1) is 10.4. The van der Waals surface area contributed by atoms with Crippen molar-refractivity contribution in [3.63, 3.8) is 0 Å². The zero-order valence-electron chi connectivity index (χ0n) is 13.1. The van der Waals surface area contributed by atoms with E-state index in [1.54, 1.807) is 12.3 Å². The average Bonchev–Trinajstić information content (AvgIpc) is 2.92. The summed E-state index contributed by atoms with van der Waals surface area (Å²) >= 11 is 0. The molecule has 2 aromatic rings. The molecule has 0 aliphatic carbocycles. The third-order valence-corrected chi connectivity index (χ3v) is 4.93. The standard InChI is InChI=1S/C15H21N3O3Si/c1-22(2,3)7-6-21-10-13-17-14(11(8-19)9-20)12-4-5-16-15(12)18-13/h4-5,8-9,19H,6-7,10H2,1-3H3,(H,16,17,18). The van der Waals surface area contributed by atoms with Gasteiger partial charge >= 0.3 is 0 Å². The number of allylic oxidation sites excluding steroid dienone is 1. The van der Waals surface area contributed by atoms with Gasteiger partial charge in [-0.15, -0.1) is 0 Å². The molecular weight excluding hydrogens is 298 g/mol. The van der Waals surface area contributed by atoms with Crippen molar-refractivity contribution in [3.8, 4) is 0 Å². The first-order valence-corrected chi connectivity index (χ1v) is 10.9. The molecule has 0 spiro atoms. The fourth-order valence-corrected chi connectivity index (χ4v) is 2.72. The van der Waals surface area contributed by atoms with E-state index in [1.807, 2.05) is 0 Å². The molecule has 0 saturated carbocycles. The summed E-state index contributed by atoms with van der Waals surface area (Å²) in [5.41, 5.74) is 1.15. The van der Waals surface area contributed by atoms with E-state index >= 15 is 0 Å². The number of nitrogens with one attached hydrogen (secondary N) is 1. The fraction of sp³-hybridized carbons (Fsp3) is 0.400. The van der Waals surface area contributed by atoms with E-state index in [-0.39, 0.29) is 12.2 Å². The van der Waals surface area contributed by atoms with Crippen LogP contribution in [0.1, 0.15) is 11.5 Å². The van der Waals surface area contributed by atoms with Crippen LogP contribution in [0.25, 0.3) is 16.6 Å². The molecule has 0 amide bonds. The first kappa shape index (κ1) is 16.4. The number of fused-ring (bicyclic) bond motifs is 1. The Balaban J connectivity index is 2.19. The van der Waals surface area contributed by atoms with E-state index in [1.165, 1.54) is 0 Å². The lowest BCUT2D eigenvalue weighted by atomic mass is 10.1. The van der Waals surface area contributed by atoms with Crippen LogP contribution in [-0.2, 0) is 16.1 Å². The average molecular weight is 319 g/mol. The number of H-pyrrole nitrogens is 1. The maximum absolute atomic E-state index is 11.1. The number of aliphatic hydroxyl groups excluding tert-OH is 1.